The van der Waals surface area contributed by atoms with E-state index in [0.717, 1.165) is 30.6 Å². The molecule has 2 rings (SSSR count). The molecule has 2 aliphatic rings. The van der Waals surface area contributed by atoms with Crippen LogP contribution in [-0.4, -0.2) is 29.5 Å². The highest BCUT2D eigenvalue weighted by Gasteiger charge is 2.36. The first kappa shape index (κ1) is 18.2. The van der Waals surface area contributed by atoms with Crippen LogP contribution in [0.5, 0.6) is 0 Å². The predicted octanol–water partition coefficient (Wildman–Crippen LogP) is 5.17. The van der Waals surface area contributed by atoms with Crippen LogP contribution < -0.4 is 0 Å². The number of hydrogen-bond donors (Lipinski definition) is 1. The first-order chi connectivity index (χ1) is 10.3. The summed E-state index contributed by atoms with van der Waals surface area (Å²) in [5.41, 5.74) is -0.684. The molecule has 0 aromatic heterocycles. The molecular weight excluding hydrogens is 288 g/mol. The van der Waals surface area contributed by atoms with E-state index in [9.17, 15) is 5.11 Å². The van der Waals surface area contributed by atoms with Gasteiger partial charge >= 0.3 is 0 Å². The molecule has 1 nitrogen and oxygen atoms in total. The highest BCUT2D eigenvalue weighted by molar-refractivity contribution is 8.35. The van der Waals surface area contributed by atoms with Crippen LogP contribution in [0.3, 0.4) is 0 Å². The number of aliphatic hydroxyl groups is 1. The lowest BCUT2D eigenvalue weighted by atomic mass is 9.68. The van der Waals surface area contributed by atoms with Gasteiger partial charge in [-0.1, -0.05) is 43.8 Å². The fourth-order valence-electron chi connectivity index (χ4n) is 4.32. The highest BCUT2D eigenvalue weighted by atomic mass is 32.3. The van der Waals surface area contributed by atoms with Crippen molar-refractivity contribution in [2.24, 2.45) is 17.8 Å². The monoisotopic (exact) mass is 324 g/mol. The van der Waals surface area contributed by atoms with Gasteiger partial charge in [0.15, 0.2) is 0 Å². The van der Waals surface area contributed by atoms with E-state index in [4.69, 9.17) is 0 Å². The summed E-state index contributed by atoms with van der Waals surface area (Å²) in [6, 6.07) is 0. The summed E-state index contributed by atoms with van der Waals surface area (Å²) in [4.78, 5) is 0. The van der Waals surface area contributed by atoms with Crippen LogP contribution in [0.4, 0.5) is 0 Å². The van der Waals surface area contributed by atoms with Gasteiger partial charge in [0.05, 0.1) is 0 Å². The van der Waals surface area contributed by atoms with Gasteiger partial charge in [0, 0.05) is 0 Å². The van der Waals surface area contributed by atoms with Gasteiger partial charge in [-0.3, -0.25) is 0 Å². The molecule has 0 radical (unpaired) electrons. The van der Waals surface area contributed by atoms with Crippen molar-refractivity contribution in [2.45, 2.75) is 76.7 Å². The van der Waals surface area contributed by atoms with Gasteiger partial charge in [-0.05, 0) is 75.0 Å². The third-order valence-corrected chi connectivity index (χ3v) is 6.42. The van der Waals surface area contributed by atoms with E-state index in [0.29, 0.717) is 0 Å². The highest BCUT2D eigenvalue weighted by Crippen LogP contribution is 2.43. The quantitative estimate of drug-likeness (QED) is 0.710. The van der Waals surface area contributed by atoms with Crippen molar-refractivity contribution in [3.63, 3.8) is 0 Å². The normalized spacial score (nSPS) is 37.2. The van der Waals surface area contributed by atoms with E-state index < -0.39 is 15.6 Å². The van der Waals surface area contributed by atoms with E-state index >= 15 is 0 Å². The maximum atomic E-state index is 10.7. The summed E-state index contributed by atoms with van der Waals surface area (Å²) < 4.78 is 0. The molecule has 0 amide bonds. The lowest BCUT2D eigenvalue weighted by Crippen LogP contribution is -2.35. The van der Waals surface area contributed by atoms with Crippen molar-refractivity contribution in [3.8, 4) is 11.2 Å². The zero-order chi connectivity index (χ0) is 16.2. The second-order valence-corrected chi connectivity index (χ2v) is 12.4. The van der Waals surface area contributed by atoms with Crippen LogP contribution in [0.2, 0.25) is 0 Å². The summed E-state index contributed by atoms with van der Waals surface area (Å²) in [5.74, 6) is 6.01. The van der Waals surface area contributed by atoms with Crippen molar-refractivity contribution in [2.75, 3.05) is 18.8 Å². The van der Waals surface area contributed by atoms with Gasteiger partial charge in [-0.2, -0.15) is 10.0 Å². The number of rotatable bonds is 3. The lowest BCUT2D eigenvalue weighted by Gasteiger charge is -2.39. The summed E-state index contributed by atoms with van der Waals surface area (Å²) in [7, 11) is -0.828. The Hall–Kier alpha value is -0.130. The van der Waals surface area contributed by atoms with Crippen LogP contribution in [0, 0.1) is 28.9 Å². The predicted molar refractivity (Wildman–Crippen MR) is 100 cm³/mol. The second-order valence-electron chi connectivity index (χ2n) is 8.50. The minimum Gasteiger partial charge on any atom is -0.378 e. The Bertz CT molecular complexity index is 396. The molecule has 0 bridgehead atoms. The lowest BCUT2D eigenvalue weighted by molar-refractivity contribution is 0.0256. The van der Waals surface area contributed by atoms with Gasteiger partial charge in [0.25, 0.3) is 0 Å². The Labute approximate surface area is 140 Å². The Balaban J connectivity index is 1.81. The molecule has 2 fully saturated rings. The van der Waals surface area contributed by atoms with E-state index in [1.807, 2.05) is 0 Å². The Morgan fingerprint density at radius 2 is 1.50 bits per heavy atom. The van der Waals surface area contributed by atoms with Crippen LogP contribution in [0.25, 0.3) is 0 Å². The van der Waals surface area contributed by atoms with E-state index in [-0.39, 0.29) is 0 Å². The molecule has 0 aromatic rings. The minimum absolute atomic E-state index is 0.684. The average Bonchev–Trinajstić information content (AvgIpc) is 2.47. The largest absolute Gasteiger partial charge is 0.378 e. The van der Waals surface area contributed by atoms with E-state index in [2.05, 4.69) is 36.9 Å². The Morgan fingerprint density at radius 1 is 0.955 bits per heavy atom. The van der Waals surface area contributed by atoms with Gasteiger partial charge < -0.3 is 5.11 Å². The molecule has 2 heteroatoms. The van der Waals surface area contributed by atoms with Gasteiger partial charge in [-0.15, -0.1) is 0 Å². The fraction of sp³-hybridized carbons (Fsp3) is 0.900. The molecule has 0 atom stereocenters. The van der Waals surface area contributed by atoms with E-state index in [1.54, 1.807) is 0 Å². The van der Waals surface area contributed by atoms with Crippen LogP contribution in [0.15, 0.2) is 0 Å². The molecule has 0 spiro atoms. The molecule has 0 heterocycles. The zero-order valence-corrected chi connectivity index (χ0v) is 16.0. The second kappa shape index (κ2) is 7.63. The maximum absolute atomic E-state index is 10.7. The fourth-order valence-corrected chi connectivity index (χ4v) is 4.81. The molecule has 128 valence electrons. The van der Waals surface area contributed by atoms with Crippen molar-refractivity contribution < 1.29 is 5.11 Å². The third-order valence-electron chi connectivity index (χ3n) is 5.70. The SMILES string of the molecule is CCCC1CCC(C2CCC(O)(C#CS(C)(C)C)CC2)CC1. The van der Waals surface area contributed by atoms with Gasteiger partial charge in [0.2, 0.25) is 0 Å². The van der Waals surface area contributed by atoms with Crippen LogP contribution in [0.1, 0.15) is 71.1 Å². The Morgan fingerprint density at radius 3 is 2.00 bits per heavy atom. The minimum atomic E-state index is -0.828. The maximum Gasteiger partial charge on any atom is 0.126 e. The number of hydrogen-bond acceptors (Lipinski definition) is 1. The molecule has 0 unspecified atom stereocenters. The molecule has 2 aliphatic carbocycles. The molecule has 1 N–H and O–H groups in total. The molecule has 2 saturated carbocycles. The van der Waals surface area contributed by atoms with Crippen molar-refractivity contribution in [1.29, 1.82) is 0 Å². The first-order valence-electron chi connectivity index (χ1n) is 9.26. The first-order valence-corrected chi connectivity index (χ1v) is 12.1. The molecule has 22 heavy (non-hydrogen) atoms. The molecule has 0 aromatic carbocycles. The van der Waals surface area contributed by atoms with Gasteiger partial charge in [0.1, 0.15) is 5.60 Å². The third kappa shape index (κ3) is 5.50. The molecule has 0 saturated heterocycles. The van der Waals surface area contributed by atoms with Crippen LogP contribution in [-0.2, 0) is 0 Å². The van der Waals surface area contributed by atoms with Crippen molar-refractivity contribution in [1.82, 2.24) is 0 Å². The summed E-state index contributed by atoms with van der Waals surface area (Å²) in [5, 5.41) is 14.0. The smallest absolute Gasteiger partial charge is 0.126 e. The summed E-state index contributed by atoms with van der Waals surface area (Å²) in [6.45, 7) is 2.31. The Kier molecular flexibility index (Phi) is 6.31. The van der Waals surface area contributed by atoms with Crippen molar-refractivity contribution >= 4 is 10.0 Å². The summed E-state index contributed by atoms with van der Waals surface area (Å²) >= 11 is 0. The van der Waals surface area contributed by atoms with Crippen LogP contribution >= 0.6 is 10.0 Å². The average molecular weight is 325 g/mol. The zero-order valence-electron chi connectivity index (χ0n) is 15.2. The molecule has 0 aliphatic heterocycles. The molecular formula is C20H36OS. The van der Waals surface area contributed by atoms with Gasteiger partial charge in [-0.25, -0.2) is 0 Å². The van der Waals surface area contributed by atoms with Crippen molar-refractivity contribution in [3.05, 3.63) is 0 Å². The standard InChI is InChI=1S/C20H36OS/c1-5-6-17-7-9-18(10-8-17)19-11-13-20(21,14-12-19)15-16-22(2,3)4/h17-19,21H,5-14H2,1-4H3. The summed E-state index contributed by atoms with van der Waals surface area (Å²) in [6.07, 6.45) is 19.3. The van der Waals surface area contributed by atoms with E-state index in [1.165, 1.54) is 51.4 Å². The topological polar surface area (TPSA) is 20.2 Å².